The van der Waals surface area contributed by atoms with E-state index in [0.717, 1.165) is 12.3 Å². The molecule has 8 heteroatoms. The lowest BCUT2D eigenvalue weighted by Crippen LogP contribution is -2.42. The molecule has 1 fully saturated rings. The Kier molecular flexibility index (Phi) is 4.12. The maximum atomic E-state index is 12.8. The molecule has 1 aliphatic heterocycles. The maximum Gasteiger partial charge on any atom is 0.417 e. The Labute approximate surface area is 149 Å². The SMILES string of the molecule is CC1(C)C[C@]2(C=C(N)C1=O)CCN(C(=O)c1cncc(C(F)(F)F)c1)C2. The van der Waals surface area contributed by atoms with Crippen molar-refractivity contribution in [2.75, 3.05) is 13.1 Å². The van der Waals surface area contributed by atoms with Crippen LogP contribution in [0, 0.1) is 10.8 Å². The minimum Gasteiger partial charge on any atom is -0.396 e. The number of nitrogens with two attached hydrogens (primary N) is 1. The van der Waals surface area contributed by atoms with E-state index in [1.54, 1.807) is 6.08 Å². The molecule has 1 atom stereocenters. The summed E-state index contributed by atoms with van der Waals surface area (Å²) in [5.41, 5.74) is 3.97. The average molecular weight is 367 g/mol. The van der Waals surface area contributed by atoms with Crippen molar-refractivity contribution >= 4 is 11.7 Å². The number of carbonyl (C=O) groups excluding carboxylic acids is 2. The fourth-order valence-corrected chi connectivity index (χ4v) is 4.02. The number of ketones is 1. The molecule has 26 heavy (non-hydrogen) atoms. The zero-order valence-electron chi connectivity index (χ0n) is 14.6. The summed E-state index contributed by atoms with van der Waals surface area (Å²) in [5, 5.41) is 0. The molecule has 1 amide bonds. The van der Waals surface area contributed by atoms with Gasteiger partial charge in [-0.25, -0.2) is 0 Å². The molecule has 5 nitrogen and oxygen atoms in total. The highest BCUT2D eigenvalue weighted by Crippen LogP contribution is 2.47. The van der Waals surface area contributed by atoms with Crippen LogP contribution in [-0.2, 0) is 11.0 Å². The van der Waals surface area contributed by atoms with Gasteiger partial charge in [0.25, 0.3) is 5.91 Å². The number of alkyl halides is 3. The second-order valence-electron chi connectivity index (χ2n) is 7.79. The first-order valence-electron chi connectivity index (χ1n) is 8.28. The topological polar surface area (TPSA) is 76.3 Å². The molecule has 1 aromatic rings. The second kappa shape index (κ2) is 5.82. The van der Waals surface area contributed by atoms with Gasteiger partial charge < -0.3 is 10.6 Å². The number of likely N-dealkylation sites (tertiary alicyclic amines) is 1. The van der Waals surface area contributed by atoms with E-state index in [9.17, 15) is 22.8 Å². The second-order valence-corrected chi connectivity index (χ2v) is 7.79. The molecule has 2 aliphatic rings. The van der Waals surface area contributed by atoms with Crippen molar-refractivity contribution in [1.82, 2.24) is 9.88 Å². The van der Waals surface area contributed by atoms with Gasteiger partial charge in [0.15, 0.2) is 5.78 Å². The predicted molar refractivity (Wildman–Crippen MR) is 87.9 cm³/mol. The van der Waals surface area contributed by atoms with Crippen LogP contribution in [0.3, 0.4) is 0 Å². The number of pyridine rings is 1. The number of allylic oxidation sites excluding steroid dienone is 1. The number of hydrogen-bond donors (Lipinski definition) is 1. The first-order chi connectivity index (χ1) is 11.9. The highest BCUT2D eigenvalue weighted by atomic mass is 19.4. The molecule has 0 bridgehead atoms. The number of aromatic nitrogens is 1. The lowest BCUT2D eigenvalue weighted by Gasteiger charge is -2.39. The van der Waals surface area contributed by atoms with Crippen molar-refractivity contribution in [3.8, 4) is 0 Å². The summed E-state index contributed by atoms with van der Waals surface area (Å²) < 4.78 is 38.5. The Morgan fingerprint density at radius 2 is 2.00 bits per heavy atom. The summed E-state index contributed by atoms with van der Waals surface area (Å²) in [7, 11) is 0. The van der Waals surface area contributed by atoms with Gasteiger partial charge in [0.05, 0.1) is 16.8 Å². The molecule has 1 spiro atoms. The zero-order chi connectivity index (χ0) is 19.3. The highest BCUT2D eigenvalue weighted by Gasteiger charge is 2.48. The third kappa shape index (κ3) is 3.20. The Morgan fingerprint density at radius 1 is 1.31 bits per heavy atom. The van der Waals surface area contributed by atoms with Gasteiger partial charge in [-0.2, -0.15) is 13.2 Å². The van der Waals surface area contributed by atoms with Crippen LogP contribution < -0.4 is 5.73 Å². The largest absolute Gasteiger partial charge is 0.417 e. The number of amides is 1. The van der Waals surface area contributed by atoms with E-state index in [0.29, 0.717) is 32.1 Å². The minimum absolute atomic E-state index is 0.0972. The zero-order valence-corrected chi connectivity index (χ0v) is 14.6. The number of halogens is 3. The van der Waals surface area contributed by atoms with E-state index < -0.39 is 28.5 Å². The van der Waals surface area contributed by atoms with Crippen molar-refractivity contribution < 1.29 is 22.8 Å². The summed E-state index contributed by atoms with van der Waals surface area (Å²) >= 11 is 0. The van der Waals surface area contributed by atoms with Crippen LogP contribution in [0.4, 0.5) is 13.2 Å². The molecule has 2 heterocycles. The lowest BCUT2D eigenvalue weighted by atomic mass is 9.65. The van der Waals surface area contributed by atoms with Crippen LogP contribution in [0.2, 0.25) is 0 Å². The van der Waals surface area contributed by atoms with Crippen LogP contribution in [0.25, 0.3) is 0 Å². The van der Waals surface area contributed by atoms with Gasteiger partial charge >= 0.3 is 6.18 Å². The van der Waals surface area contributed by atoms with Crippen LogP contribution in [0.5, 0.6) is 0 Å². The molecule has 0 saturated carbocycles. The van der Waals surface area contributed by atoms with Crippen LogP contribution in [0.15, 0.2) is 30.2 Å². The first-order valence-corrected chi connectivity index (χ1v) is 8.28. The number of carbonyl (C=O) groups is 2. The van der Waals surface area contributed by atoms with Crippen molar-refractivity contribution in [2.45, 2.75) is 32.9 Å². The molecular formula is C18H20F3N3O2. The molecule has 0 aromatic carbocycles. The summed E-state index contributed by atoms with van der Waals surface area (Å²) in [6.07, 6.45) is 0.160. The van der Waals surface area contributed by atoms with Crippen molar-refractivity contribution in [1.29, 1.82) is 0 Å². The fraction of sp³-hybridized carbons (Fsp3) is 0.500. The molecule has 3 rings (SSSR count). The first kappa shape index (κ1) is 18.4. The van der Waals surface area contributed by atoms with Crippen molar-refractivity contribution in [3.63, 3.8) is 0 Å². The number of nitrogens with zero attached hydrogens (tertiary/aromatic N) is 2. The van der Waals surface area contributed by atoms with Gasteiger partial charge in [0.2, 0.25) is 0 Å². The summed E-state index contributed by atoms with van der Waals surface area (Å²) in [5.74, 6) is -0.614. The third-order valence-electron chi connectivity index (χ3n) is 5.12. The molecule has 1 saturated heterocycles. The quantitative estimate of drug-likeness (QED) is 0.828. The molecule has 2 N–H and O–H groups in total. The fourth-order valence-electron chi connectivity index (χ4n) is 4.02. The molecular weight excluding hydrogens is 347 g/mol. The molecule has 1 aromatic heterocycles. The van der Waals surface area contributed by atoms with Crippen molar-refractivity contribution in [3.05, 3.63) is 41.4 Å². The van der Waals surface area contributed by atoms with E-state index in [4.69, 9.17) is 5.73 Å². The van der Waals surface area contributed by atoms with Gasteiger partial charge in [0, 0.05) is 36.3 Å². The van der Waals surface area contributed by atoms with Gasteiger partial charge in [-0.15, -0.1) is 0 Å². The van der Waals surface area contributed by atoms with Crippen LogP contribution >= 0.6 is 0 Å². The molecule has 140 valence electrons. The molecule has 0 unspecified atom stereocenters. The van der Waals surface area contributed by atoms with E-state index in [-0.39, 0.29) is 17.0 Å². The average Bonchev–Trinajstić information content (AvgIpc) is 2.94. The van der Waals surface area contributed by atoms with E-state index in [2.05, 4.69) is 4.98 Å². The van der Waals surface area contributed by atoms with Crippen molar-refractivity contribution in [2.24, 2.45) is 16.6 Å². The van der Waals surface area contributed by atoms with E-state index in [1.807, 2.05) is 13.8 Å². The smallest absolute Gasteiger partial charge is 0.396 e. The number of rotatable bonds is 1. The molecule has 1 aliphatic carbocycles. The van der Waals surface area contributed by atoms with Gasteiger partial charge in [-0.3, -0.25) is 14.6 Å². The third-order valence-corrected chi connectivity index (χ3v) is 5.12. The predicted octanol–water partition coefficient (Wildman–Crippen LogP) is 2.77. The summed E-state index contributed by atoms with van der Waals surface area (Å²) in [6.45, 7) is 4.35. The monoisotopic (exact) mass is 367 g/mol. The van der Waals surface area contributed by atoms with E-state index in [1.165, 1.54) is 4.90 Å². The van der Waals surface area contributed by atoms with E-state index >= 15 is 0 Å². The molecule has 0 radical (unpaired) electrons. The Balaban J connectivity index is 1.83. The van der Waals surface area contributed by atoms with Gasteiger partial charge in [0.1, 0.15) is 0 Å². The highest BCUT2D eigenvalue weighted by molar-refractivity contribution is 6.00. The number of Topliss-reactive ketones (excluding diaryl/α,β-unsaturated/α-hetero) is 1. The minimum atomic E-state index is -4.56. The Morgan fingerprint density at radius 3 is 2.62 bits per heavy atom. The normalized spacial score (nSPS) is 25.5. The van der Waals surface area contributed by atoms with Gasteiger partial charge in [-0.1, -0.05) is 13.8 Å². The van der Waals surface area contributed by atoms with Gasteiger partial charge in [-0.05, 0) is 25.0 Å². The van der Waals surface area contributed by atoms with Crippen LogP contribution in [-0.4, -0.2) is 34.7 Å². The Bertz CT molecular complexity index is 801. The van der Waals surface area contributed by atoms with Crippen LogP contribution in [0.1, 0.15) is 42.6 Å². The Hall–Kier alpha value is -2.38. The lowest BCUT2D eigenvalue weighted by molar-refractivity contribution is -0.137. The maximum absolute atomic E-state index is 12.8. The summed E-state index contributed by atoms with van der Waals surface area (Å²) in [6, 6.07) is 0.818. The summed E-state index contributed by atoms with van der Waals surface area (Å²) in [4.78, 5) is 29.9. The standard InChI is InChI=1S/C18H20F3N3O2/c1-16(2)9-17(6-13(22)14(16)25)3-4-24(10-17)15(26)11-5-12(8-23-7-11)18(19,20)21/h5-8H,3-4,9-10,22H2,1-2H3/t17-/m1/s1. The number of hydrogen-bond acceptors (Lipinski definition) is 4.